The van der Waals surface area contributed by atoms with Crippen LogP contribution in [-0.2, 0) is 16.0 Å². The molecule has 7 heteroatoms. The highest BCUT2D eigenvalue weighted by Gasteiger charge is 2.21. The molecule has 0 spiro atoms. The lowest BCUT2D eigenvalue weighted by atomic mass is 10.0. The molecule has 55 heavy (non-hydrogen) atoms. The zero-order chi connectivity index (χ0) is 37.5. The highest BCUT2D eigenvalue weighted by Crippen LogP contribution is 2.37. The molecule has 0 aliphatic carbocycles. The van der Waals surface area contributed by atoms with Crippen LogP contribution in [0.3, 0.4) is 0 Å². The molecule has 0 unspecified atom stereocenters. The summed E-state index contributed by atoms with van der Waals surface area (Å²) in [4.78, 5) is 33.8. The largest absolute Gasteiger partial charge is 0.378 e. The maximum Gasteiger partial charge on any atom is 0.223 e. The Morgan fingerprint density at radius 2 is 0.927 bits per heavy atom. The summed E-state index contributed by atoms with van der Waals surface area (Å²) in [6.07, 6.45) is 9.37. The van der Waals surface area contributed by atoms with Gasteiger partial charge in [-0.15, -0.1) is 0 Å². The van der Waals surface area contributed by atoms with E-state index in [2.05, 4.69) is 152 Å². The van der Waals surface area contributed by atoms with E-state index < -0.39 is 0 Å². The van der Waals surface area contributed by atoms with Crippen molar-refractivity contribution in [2.45, 2.75) is 33.6 Å². The first kappa shape index (κ1) is 34.5. The van der Waals surface area contributed by atoms with Crippen molar-refractivity contribution in [1.29, 1.82) is 0 Å². The number of hydrogen-bond acceptors (Lipinski definition) is 4. The van der Waals surface area contributed by atoms with Gasteiger partial charge in [0.05, 0.1) is 36.0 Å². The van der Waals surface area contributed by atoms with E-state index in [1.165, 1.54) is 16.7 Å². The number of H-pyrrole nitrogens is 2. The number of carbonyl (C=O) groups is 1. The summed E-state index contributed by atoms with van der Waals surface area (Å²) in [7, 11) is 0. The molecule has 1 saturated heterocycles. The highest BCUT2D eigenvalue weighted by molar-refractivity contribution is 5.98. The average molecular weight is 722 g/mol. The van der Waals surface area contributed by atoms with E-state index in [4.69, 9.17) is 14.7 Å². The third kappa shape index (κ3) is 6.83. The number of rotatable bonds is 6. The van der Waals surface area contributed by atoms with Crippen LogP contribution in [0.15, 0.2) is 97.1 Å². The maximum atomic E-state index is 13.5. The summed E-state index contributed by atoms with van der Waals surface area (Å²) in [6.45, 7) is 8.73. The second-order valence-corrected chi connectivity index (χ2v) is 14.7. The molecule has 0 atom stereocenters. The van der Waals surface area contributed by atoms with Crippen molar-refractivity contribution in [1.82, 2.24) is 24.8 Å². The smallest absolute Gasteiger partial charge is 0.223 e. The van der Waals surface area contributed by atoms with E-state index in [0.717, 1.165) is 83.8 Å². The lowest BCUT2D eigenvalue weighted by Gasteiger charge is -2.26. The number of nitrogens with zero attached hydrogens (tertiary/aromatic N) is 3. The Bertz CT molecular complexity index is 2610. The van der Waals surface area contributed by atoms with E-state index in [1.807, 2.05) is 4.90 Å². The van der Waals surface area contributed by atoms with Crippen LogP contribution in [0.2, 0.25) is 0 Å². The minimum atomic E-state index is 0.133. The van der Waals surface area contributed by atoms with E-state index in [0.29, 0.717) is 39.1 Å². The topological polar surface area (TPSA) is 86.9 Å². The lowest BCUT2D eigenvalue weighted by molar-refractivity contribution is -0.135. The number of nitrogens with one attached hydrogen (secondary N) is 2. The van der Waals surface area contributed by atoms with Crippen LogP contribution in [0.5, 0.6) is 0 Å². The first-order valence-corrected chi connectivity index (χ1v) is 19.1. The number of hydrogen-bond donors (Lipinski definition) is 2. The number of carbonyl (C=O) groups excluding carboxylic acids is 1. The molecular formula is C48H43N5O2. The molecule has 272 valence electrons. The van der Waals surface area contributed by atoms with Crippen molar-refractivity contribution in [2.75, 3.05) is 26.3 Å². The minimum Gasteiger partial charge on any atom is -0.378 e. The standard InChI is InChI=1S/C48H43N5O2/c1-30-4-10-33(11-5-30)46-39-19-17-37(49-39)36(16-25-45(54)53-26-28-55-29-27-53)38-18-20-40(50-38)47(34-12-6-31(2)7-13-34)42-22-24-44(52-42)48(43-23-21-41(46)51-43)35-14-8-32(3)9-15-35/h4-15,17-24,49,52H,16,25-29H2,1-3H3. The number of aromatic amines is 2. The van der Waals surface area contributed by atoms with Crippen LogP contribution >= 0.6 is 0 Å². The molecule has 3 aliphatic heterocycles. The predicted molar refractivity (Wildman–Crippen MR) is 225 cm³/mol. The van der Waals surface area contributed by atoms with Crippen molar-refractivity contribution >= 4 is 52.3 Å². The SMILES string of the molecule is Cc1ccc(-c2c3nc(c(-c4ccc(C)cc4)c4ccc([nH]4)c(-c4ccc(C)cc4)c4nc(c(CCC(=O)N5CCOCC5)c5ccc2[nH]5)C=C4)C=C3)cc1. The number of benzene rings is 3. The molecule has 7 nitrogen and oxygen atoms in total. The molecule has 2 N–H and O–H groups in total. The Morgan fingerprint density at radius 1 is 0.545 bits per heavy atom. The van der Waals surface area contributed by atoms with Gasteiger partial charge in [-0.3, -0.25) is 4.79 Å². The average Bonchev–Trinajstić information content (AvgIpc) is 4.05. The van der Waals surface area contributed by atoms with Crippen LogP contribution in [0.4, 0.5) is 0 Å². The van der Waals surface area contributed by atoms with E-state index in [9.17, 15) is 4.79 Å². The quantitative estimate of drug-likeness (QED) is 0.179. The van der Waals surface area contributed by atoms with Crippen LogP contribution in [0.25, 0.3) is 79.8 Å². The first-order valence-electron chi connectivity index (χ1n) is 19.1. The molecule has 0 saturated carbocycles. The minimum absolute atomic E-state index is 0.133. The van der Waals surface area contributed by atoms with Gasteiger partial charge in [0.2, 0.25) is 5.91 Å². The molecule has 6 aromatic rings. The van der Waals surface area contributed by atoms with E-state index >= 15 is 0 Å². The second-order valence-electron chi connectivity index (χ2n) is 14.7. The molecule has 0 radical (unpaired) electrons. The van der Waals surface area contributed by atoms with Gasteiger partial charge in [0, 0.05) is 63.8 Å². The number of amides is 1. The maximum absolute atomic E-state index is 13.5. The van der Waals surface area contributed by atoms with Crippen LogP contribution in [0.1, 0.15) is 51.5 Å². The van der Waals surface area contributed by atoms with Gasteiger partial charge in [0.1, 0.15) is 0 Å². The fourth-order valence-electron chi connectivity index (χ4n) is 7.80. The fraction of sp³-hybridized carbons (Fsp3) is 0.188. The fourth-order valence-corrected chi connectivity index (χ4v) is 7.80. The van der Waals surface area contributed by atoms with Crippen LogP contribution in [-0.4, -0.2) is 57.0 Å². The summed E-state index contributed by atoms with van der Waals surface area (Å²) in [5, 5.41) is 0. The number of morpholine rings is 1. The third-order valence-electron chi connectivity index (χ3n) is 10.8. The van der Waals surface area contributed by atoms with Gasteiger partial charge in [-0.1, -0.05) is 89.5 Å². The first-order chi connectivity index (χ1) is 26.9. The molecule has 6 heterocycles. The molecule has 3 aromatic carbocycles. The molecule has 1 amide bonds. The van der Waals surface area contributed by atoms with Gasteiger partial charge < -0.3 is 19.6 Å². The van der Waals surface area contributed by atoms with Crippen LogP contribution in [0, 0.1) is 20.8 Å². The summed E-state index contributed by atoms with van der Waals surface area (Å²) >= 11 is 0. The summed E-state index contributed by atoms with van der Waals surface area (Å²) < 4.78 is 5.53. The van der Waals surface area contributed by atoms with Crippen LogP contribution < -0.4 is 0 Å². The van der Waals surface area contributed by atoms with E-state index in [-0.39, 0.29) is 5.91 Å². The second kappa shape index (κ2) is 14.5. The molecule has 9 rings (SSSR count). The van der Waals surface area contributed by atoms with Gasteiger partial charge in [0.25, 0.3) is 0 Å². The van der Waals surface area contributed by atoms with Crippen molar-refractivity contribution in [3.8, 4) is 33.4 Å². The van der Waals surface area contributed by atoms with Gasteiger partial charge in [-0.2, -0.15) is 0 Å². The molecule has 3 aliphatic rings. The number of aryl methyl sites for hydroxylation is 4. The molecule has 8 bridgehead atoms. The predicted octanol–water partition coefficient (Wildman–Crippen LogP) is 10.4. The lowest BCUT2D eigenvalue weighted by Crippen LogP contribution is -2.40. The van der Waals surface area contributed by atoms with Gasteiger partial charge in [-0.25, -0.2) is 9.97 Å². The van der Waals surface area contributed by atoms with Gasteiger partial charge in [-0.05, 0) is 92.5 Å². The Hall–Kier alpha value is -6.31. The Kier molecular flexibility index (Phi) is 9.08. The zero-order valence-electron chi connectivity index (χ0n) is 31.4. The summed E-state index contributed by atoms with van der Waals surface area (Å²) in [6, 6.07) is 34.5. The van der Waals surface area contributed by atoms with Crippen molar-refractivity contribution < 1.29 is 9.53 Å². The van der Waals surface area contributed by atoms with Gasteiger partial charge >= 0.3 is 0 Å². The zero-order valence-corrected chi connectivity index (χ0v) is 31.4. The Morgan fingerprint density at radius 3 is 1.38 bits per heavy atom. The molecule has 1 fully saturated rings. The van der Waals surface area contributed by atoms with Crippen molar-refractivity contribution in [3.05, 3.63) is 142 Å². The van der Waals surface area contributed by atoms with Crippen molar-refractivity contribution in [2.24, 2.45) is 0 Å². The molecule has 3 aromatic heterocycles. The number of aromatic nitrogens is 4. The molecular weight excluding hydrogens is 679 g/mol. The normalized spacial score (nSPS) is 13.8. The number of ether oxygens (including phenoxy) is 1. The summed E-state index contributed by atoms with van der Waals surface area (Å²) in [5.74, 6) is 0.133. The third-order valence-corrected chi connectivity index (χ3v) is 10.8. The Labute approximate surface area is 321 Å². The van der Waals surface area contributed by atoms with Gasteiger partial charge in [0.15, 0.2) is 0 Å². The number of fused-ring (bicyclic) bond motifs is 8. The van der Waals surface area contributed by atoms with E-state index in [1.54, 1.807) is 0 Å². The van der Waals surface area contributed by atoms with Crippen molar-refractivity contribution in [3.63, 3.8) is 0 Å². The summed E-state index contributed by atoms with van der Waals surface area (Å²) in [5.41, 5.74) is 18.1. The Balaban J connectivity index is 1.36. The highest BCUT2D eigenvalue weighted by atomic mass is 16.5. The monoisotopic (exact) mass is 721 g/mol.